The highest BCUT2D eigenvalue weighted by Gasteiger charge is 2.23. The van der Waals surface area contributed by atoms with Crippen molar-refractivity contribution in [1.29, 1.82) is 0 Å². The van der Waals surface area contributed by atoms with E-state index in [1.165, 1.54) is 6.42 Å². The van der Waals surface area contributed by atoms with E-state index < -0.39 is 26.5 Å². The zero-order chi connectivity index (χ0) is 41.8. The van der Waals surface area contributed by atoms with E-state index in [1.54, 1.807) is 0 Å². The van der Waals surface area contributed by atoms with E-state index in [0.29, 0.717) is 12.8 Å². The first kappa shape index (κ1) is 53.9. The molecular formula is C47H78NO8P. The van der Waals surface area contributed by atoms with Crippen molar-refractivity contribution in [3.63, 3.8) is 0 Å². The molecule has 0 aliphatic rings. The molecule has 324 valence electrons. The Labute approximate surface area is 346 Å². The molecule has 10 heteroatoms. The van der Waals surface area contributed by atoms with E-state index >= 15 is 0 Å². The summed E-state index contributed by atoms with van der Waals surface area (Å²) < 4.78 is 26.8. The third-order valence-corrected chi connectivity index (χ3v) is 9.46. The van der Waals surface area contributed by atoms with E-state index in [2.05, 4.69) is 116 Å². The minimum atomic E-state index is -4.43. The van der Waals surface area contributed by atoms with Gasteiger partial charge in [-0.1, -0.05) is 150 Å². The number of allylic oxidation sites excluding steroid dienone is 16. The van der Waals surface area contributed by atoms with Gasteiger partial charge in [0, 0.05) is 19.4 Å². The number of ether oxygens (including phenoxy) is 1. The zero-order valence-electron chi connectivity index (χ0n) is 35.5. The average Bonchev–Trinajstić information content (AvgIpc) is 3.20. The molecule has 3 N–H and O–H groups in total. The molecule has 0 aromatic heterocycles. The van der Waals surface area contributed by atoms with Gasteiger partial charge in [-0.15, -0.1) is 0 Å². The molecule has 0 bridgehead atoms. The SMILES string of the molecule is CC/C=C\C/C=C\C/C=C\C/C=C\C/C=C\C/C=C\CCCCCCC(=O)NCCOP(=O)(O)OCC(O)COC(=O)CCCCCCC/C=C\C/C=C\CCC. The van der Waals surface area contributed by atoms with Crippen molar-refractivity contribution < 1.29 is 37.9 Å². The monoisotopic (exact) mass is 816 g/mol. The lowest BCUT2D eigenvalue weighted by Gasteiger charge is -2.15. The van der Waals surface area contributed by atoms with Crippen LogP contribution in [0.1, 0.15) is 155 Å². The first-order chi connectivity index (χ1) is 27.8. The molecule has 0 saturated carbocycles. The molecule has 0 aliphatic heterocycles. The van der Waals surface area contributed by atoms with Crippen LogP contribution in [0, 0.1) is 0 Å². The van der Waals surface area contributed by atoms with Crippen LogP contribution in [-0.2, 0) is 27.9 Å². The number of aliphatic hydroxyl groups excluding tert-OH is 1. The predicted molar refractivity (Wildman–Crippen MR) is 238 cm³/mol. The fourth-order valence-electron chi connectivity index (χ4n) is 5.24. The van der Waals surface area contributed by atoms with Gasteiger partial charge < -0.3 is 20.1 Å². The molecule has 0 heterocycles. The summed E-state index contributed by atoms with van der Waals surface area (Å²) in [5, 5.41) is 12.7. The van der Waals surface area contributed by atoms with Gasteiger partial charge in [0.05, 0.1) is 13.2 Å². The molecule has 0 aromatic carbocycles. The van der Waals surface area contributed by atoms with Crippen LogP contribution in [0.5, 0.6) is 0 Å². The third-order valence-electron chi connectivity index (χ3n) is 8.48. The van der Waals surface area contributed by atoms with Crippen LogP contribution in [0.4, 0.5) is 0 Å². The maximum absolute atomic E-state index is 12.1. The van der Waals surface area contributed by atoms with Gasteiger partial charge in [-0.3, -0.25) is 18.6 Å². The molecule has 1 amide bonds. The van der Waals surface area contributed by atoms with Gasteiger partial charge in [-0.2, -0.15) is 0 Å². The van der Waals surface area contributed by atoms with Gasteiger partial charge in [0.25, 0.3) is 0 Å². The Balaban J connectivity index is 3.70. The van der Waals surface area contributed by atoms with Crippen molar-refractivity contribution in [3.05, 3.63) is 97.2 Å². The maximum Gasteiger partial charge on any atom is 0.472 e. The molecular weight excluding hydrogens is 737 g/mol. The summed E-state index contributed by atoms with van der Waals surface area (Å²) in [5.41, 5.74) is 0. The lowest BCUT2D eigenvalue weighted by atomic mass is 10.1. The second kappa shape index (κ2) is 42.5. The van der Waals surface area contributed by atoms with Gasteiger partial charge in [0.1, 0.15) is 12.7 Å². The Kier molecular flexibility index (Phi) is 40.2. The number of carbonyl (C=O) groups is 2. The van der Waals surface area contributed by atoms with Crippen molar-refractivity contribution in [1.82, 2.24) is 5.32 Å². The smallest absolute Gasteiger partial charge is 0.463 e. The zero-order valence-corrected chi connectivity index (χ0v) is 36.4. The quantitative estimate of drug-likeness (QED) is 0.0242. The summed E-state index contributed by atoms with van der Waals surface area (Å²) in [6.45, 7) is 3.30. The van der Waals surface area contributed by atoms with E-state index in [1.807, 2.05) is 0 Å². The number of esters is 1. The molecule has 0 aromatic rings. The summed E-state index contributed by atoms with van der Waals surface area (Å²) >= 11 is 0. The van der Waals surface area contributed by atoms with Crippen molar-refractivity contribution in [2.45, 2.75) is 161 Å². The minimum absolute atomic E-state index is 0.0592. The summed E-state index contributed by atoms with van der Waals surface area (Å²) in [6.07, 6.45) is 54.8. The molecule has 2 atom stereocenters. The number of amides is 1. The highest BCUT2D eigenvalue weighted by Crippen LogP contribution is 2.42. The number of phosphoric ester groups is 1. The number of aliphatic hydroxyl groups is 1. The van der Waals surface area contributed by atoms with Crippen molar-refractivity contribution in [2.24, 2.45) is 0 Å². The number of carbonyl (C=O) groups excluding carboxylic acids is 2. The average molecular weight is 816 g/mol. The van der Waals surface area contributed by atoms with Crippen LogP contribution in [0.3, 0.4) is 0 Å². The normalized spacial score (nSPS) is 14.2. The summed E-state index contributed by atoms with van der Waals surface area (Å²) in [4.78, 5) is 33.9. The number of phosphoric acid groups is 1. The van der Waals surface area contributed by atoms with E-state index in [4.69, 9.17) is 13.8 Å². The predicted octanol–water partition coefficient (Wildman–Crippen LogP) is 12.2. The molecule has 0 fully saturated rings. The number of rotatable bonds is 39. The second-order valence-electron chi connectivity index (χ2n) is 13.9. The van der Waals surface area contributed by atoms with Crippen LogP contribution < -0.4 is 5.32 Å². The van der Waals surface area contributed by atoms with Gasteiger partial charge in [0.2, 0.25) is 5.91 Å². The fourth-order valence-corrected chi connectivity index (χ4v) is 6.00. The summed E-state index contributed by atoms with van der Waals surface area (Å²) in [5.74, 6) is -0.566. The van der Waals surface area contributed by atoms with Crippen LogP contribution >= 0.6 is 7.82 Å². The van der Waals surface area contributed by atoms with Gasteiger partial charge in [-0.05, 0) is 89.9 Å². The molecule has 0 spiro atoms. The van der Waals surface area contributed by atoms with E-state index in [0.717, 1.165) is 116 Å². The molecule has 0 saturated heterocycles. The molecule has 0 aliphatic carbocycles. The number of hydrogen-bond donors (Lipinski definition) is 3. The largest absolute Gasteiger partial charge is 0.472 e. The van der Waals surface area contributed by atoms with Crippen molar-refractivity contribution in [2.75, 3.05) is 26.4 Å². The van der Waals surface area contributed by atoms with E-state index in [9.17, 15) is 24.2 Å². The first-order valence-corrected chi connectivity index (χ1v) is 23.2. The first-order valence-electron chi connectivity index (χ1n) is 21.7. The highest BCUT2D eigenvalue weighted by atomic mass is 31.2. The van der Waals surface area contributed by atoms with Gasteiger partial charge >= 0.3 is 13.8 Å². The van der Waals surface area contributed by atoms with Crippen LogP contribution in [0.25, 0.3) is 0 Å². The number of hydrogen-bond acceptors (Lipinski definition) is 7. The molecule has 9 nitrogen and oxygen atoms in total. The number of unbranched alkanes of at least 4 members (excludes halogenated alkanes) is 10. The summed E-state index contributed by atoms with van der Waals surface area (Å²) in [7, 11) is -4.43. The number of nitrogens with one attached hydrogen (secondary N) is 1. The summed E-state index contributed by atoms with van der Waals surface area (Å²) in [6, 6.07) is 0. The molecule has 0 rings (SSSR count). The van der Waals surface area contributed by atoms with Crippen LogP contribution in [0.2, 0.25) is 0 Å². The lowest BCUT2D eigenvalue weighted by molar-refractivity contribution is -0.147. The van der Waals surface area contributed by atoms with E-state index in [-0.39, 0.29) is 32.1 Å². The van der Waals surface area contributed by atoms with Gasteiger partial charge in [-0.25, -0.2) is 4.57 Å². The Hall–Kier alpha value is -3.07. The van der Waals surface area contributed by atoms with Crippen LogP contribution in [0.15, 0.2) is 97.2 Å². The van der Waals surface area contributed by atoms with Crippen molar-refractivity contribution >= 4 is 19.7 Å². The van der Waals surface area contributed by atoms with Crippen LogP contribution in [-0.4, -0.2) is 54.3 Å². The Morgan fingerprint density at radius 3 is 1.51 bits per heavy atom. The van der Waals surface area contributed by atoms with Gasteiger partial charge in [0.15, 0.2) is 0 Å². The Morgan fingerprint density at radius 1 is 0.561 bits per heavy atom. The maximum atomic E-state index is 12.1. The van der Waals surface area contributed by atoms with Crippen molar-refractivity contribution in [3.8, 4) is 0 Å². The second-order valence-corrected chi connectivity index (χ2v) is 15.4. The minimum Gasteiger partial charge on any atom is -0.463 e. The Morgan fingerprint density at radius 2 is 1.00 bits per heavy atom. The topological polar surface area (TPSA) is 131 Å². The Bertz CT molecular complexity index is 1250. The third kappa shape index (κ3) is 43.9. The molecule has 57 heavy (non-hydrogen) atoms. The standard InChI is InChI=1S/C47H78NO8P/c1-3-5-7-9-11-13-15-17-18-19-20-21-22-23-24-25-26-28-29-31-33-35-37-39-46(50)48-41-42-55-57(52,53)56-44-45(49)43-54-47(51)40-38-36-34-32-30-27-16-14-12-10-8-6-4-2/h5,7-8,10-11,13-14,16-18,20-21,23-24,26,28,45,49H,3-4,6,9,12,15,19,22,25,27,29-44H2,1-2H3,(H,48,50)(H,52,53)/b7-5-,10-8-,13-11-,16-14-,18-17-,21-20-,24-23-,28-26-. The molecule has 0 radical (unpaired) electrons. The molecule has 2 unspecified atom stereocenters. The lowest BCUT2D eigenvalue weighted by Crippen LogP contribution is -2.27. The fraction of sp³-hybridized carbons (Fsp3) is 0.617. The highest BCUT2D eigenvalue weighted by molar-refractivity contribution is 7.47.